The van der Waals surface area contributed by atoms with Crippen LogP contribution < -0.4 is 10.3 Å². The summed E-state index contributed by atoms with van der Waals surface area (Å²) in [6, 6.07) is 0. The van der Waals surface area contributed by atoms with Gasteiger partial charge in [0.2, 0.25) is 0 Å². The van der Waals surface area contributed by atoms with Gasteiger partial charge in [-0.2, -0.15) is 0 Å². The zero-order valence-corrected chi connectivity index (χ0v) is 9.25. The van der Waals surface area contributed by atoms with Crippen LogP contribution in [0.5, 0.6) is 5.75 Å². The van der Waals surface area contributed by atoms with Crippen molar-refractivity contribution in [3.8, 4) is 5.75 Å². The third-order valence-corrected chi connectivity index (χ3v) is 2.01. The van der Waals surface area contributed by atoms with Crippen molar-refractivity contribution in [3.05, 3.63) is 27.7 Å². The Balaban J connectivity index is 3.40. The first-order chi connectivity index (χ1) is 8.02. The highest BCUT2D eigenvalue weighted by Crippen LogP contribution is 2.29. The van der Waals surface area contributed by atoms with Gasteiger partial charge in [0.25, 0.3) is 12.0 Å². The normalized spacial score (nSPS) is 10.4. The van der Waals surface area contributed by atoms with E-state index in [1.807, 2.05) is 0 Å². The summed E-state index contributed by atoms with van der Waals surface area (Å²) in [7, 11) is 1.07. The number of methoxy groups -OCH3 is 1. The first-order valence-corrected chi connectivity index (χ1v) is 4.77. The summed E-state index contributed by atoms with van der Waals surface area (Å²) in [6.07, 6.45) is -2.11. The van der Waals surface area contributed by atoms with Gasteiger partial charge in [-0.15, -0.1) is 0 Å². The highest BCUT2D eigenvalue weighted by molar-refractivity contribution is 5.91. The van der Waals surface area contributed by atoms with Gasteiger partial charge < -0.3 is 14.5 Å². The van der Waals surface area contributed by atoms with Crippen LogP contribution in [0.4, 0.5) is 8.78 Å². The van der Waals surface area contributed by atoms with Gasteiger partial charge in [-0.1, -0.05) is 0 Å². The second-order valence-electron chi connectivity index (χ2n) is 3.00. The van der Waals surface area contributed by atoms with Crippen LogP contribution in [0.1, 0.15) is 29.3 Å². The number of aromatic nitrogens is 1. The van der Waals surface area contributed by atoms with Gasteiger partial charge in [-0.3, -0.25) is 4.79 Å². The van der Waals surface area contributed by atoms with Crippen molar-refractivity contribution in [1.82, 2.24) is 4.98 Å². The molecule has 0 atom stereocenters. The van der Waals surface area contributed by atoms with E-state index < -0.39 is 34.8 Å². The number of rotatable bonds is 4. The van der Waals surface area contributed by atoms with E-state index in [4.69, 9.17) is 0 Å². The van der Waals surface area contributed by atoms with Gasteiger partial charge in [0.05, 0.1) is 24.8 Å². The first kappa shape index (κ1) is 13.1. The summed E-state index contributed by atoms with van der Waals surface area (Å²) in [5.41, 5.74) is -1.98. The minimum absolute atomic E-state index is 0.0446. The van der Waals surface area contributed by atoms with Crippen LogP contribution in [0.3, 0.4) is 0 Å². The van der Waals surface area contributed by atoms with Crippen molar-refractivity contribution in [1.29, 1.82) is 0 Å². The van der Waals surface area contributed by atoms with Gasteiger partial charge in [0, 0.05) is 6.20 Å². The number of H-pyrrole nitrogens is 1. The molecule has 0 amide bonds. The third kappa shape index (κ3) is 2.61. The molecule has 7 heteroatoms. The van der Waals surface area contributed by atoms with E-state index in [1.165, 1.54) is 0 Å². The molecule has 17 heavy (non-hydrogen) atoms. The van der Waals surface area contributed by atoms with Crippen LogP contribution in [0.2, 0.25) is 0 Å². The number of aromatic amines is 1. The second-order valence-corrected chi connectivity index (χ2v) is 3.00. The SMILES string of the molecule is CCOC(=O)c1c[nH]c(=O)c(OC)c1C(F)F. The Bertz CT molecular complexity index is 470. The second kappa shape index (κ2) is 5.42. The lowest BCUT2D eigenvalue weighted by Crippen LogP contribution is -2.18. The predicted molar refractivity (Wildman–Crippen MR) is 54.5 cm³/mol. The number of hydrogen-bond acceptors (Lipinski definition) is 4. The Morgan fingerprint density at radius 2 is 2.18 bits per heavy atom. The molecule has 0 aliphatic heterocycles. The van der Waals surface area contributed by atoms with E-state index in [1.54, 1.807) is 6.92 Å². The van der Waals surface area contributed by atoms with Crippen molar-refractivity contribution in [2.45, 2.75) is 13.3 Å². The van der Waals surface area contributed by atoms with Crippen molar-refractivity contribution in [2.75, 3.05) is 13.7 Å². The number of carbonyl (C=O) groups is 1. The quantitative estimate of drug-likeness (QED) is 0.818. The standard InChI is InChI=1S/C10H11F2NO4/c1-3-17-10(15)5-4-13-9(14)7(16-2)6(5)8(11)12/h4,8H,3H2,1-2H3,(H,13,14). The summed E-state index contributed by atoms with van der Waals surface area (Å²) in [4.78, 5) is 24.8. The molecule has 1 heterocycles. The third-order valence-electron chi connectivity index (χ3n) is 2.01. The van der Waals surface area contributed by atoms with E-state index in [9.17, 15) is 18.4 Å². The molecule has 0 radical (unpaired) electrons. The first-order valence-electron chi connectivity index (χ1n) is 4.77. The van der Waals surface area contributed by atoms with E-state index in [0.717, 1.165) is 13.3 Å². The predicted octanol–water partition coefficient (Wildman–Crippen LogP) is 1.50. The van der Waals surface area contributed by atoms with Crippen LogP contribution in [-0.4, -0.2) is 24.7 Å². The molecule has 0 saturated carbocycles. The summed E-state index contributed by atoms with van der Waals surface area (Å²) in [5.74, 6) is -1.51. The average molecular weight is 247 g/mol. The molecule has 1 rings (SSSR count). The fourth-order valence-corrected chi connectivity index (χ4v) is 1.32. The molecule has 0 spiro atoms. The van der Waals surface area contributed by atoms with Crippen LogP contribution in [0.25, 0.3) is 0 Å². The molecular weight excluding hydrogens is 236 g/mol. The van der Waals surface area contributed by atoms with Gasteiger partial charge in [-0.05, 0) is 6.92 Å². The lowest BCUT2D eigenvalue weighted by atomic mass is 10.1. The van der Waals surface area contributed by atoms with Gasteiger partial charge in [-0.25, -0.2) is 13.6 Å². The van der Waals surface area contributed by atoms with E-state index >= 15 is 0 Å². The summed E-state index contributed by atoms with van der Waals surface area (Å²) < 4.78 is 34.8. The Hall–Kier alpha value is -1.92. The number of halogens is 2. The average Bonchev–Trinajstić information content (AvgIpc) is 2.28. The Labute approximate surface area is 95.4 Å². The fourth-order valence-electron chi connectivity index (χ4n) is 1.32. The van der Waals surface area contributed by atoms with Crippen LogP contribution in [0.15, 0.2) is 11.0 Å². The molecule has 0 saturated heterocycles. The van der Waals surface area contributed by atoms with Gasteiger partial charge in [0.1, 0.15) is 0 Å². The Morgan fingerprint density at radius 3 is 2.65 bits per heavy atom. The Morgan fingerprint density at radius 1 is 1.53 bits per heavy atom. The summed E-state index contributed by atoms with van der Waals surface area (Å²) in [5, 5.41) is 0. The van der Waals surface area contributed by atoms with Gasteiger partial charge >= 0.3 is 5.97 Å². The molecule has 0 aliphatic rings. The van der Waals surface area contributed by atoms with Crippen LogP contribution in [0, 0.1) is 0 Å². The molecule has 94 valence electrons. The molecule has 1 aromatic heterocycles. The highest BCUT2D eigenvalue weighted by atomic mass is 19.3. The van der Waals surface area contributed by atoms with Gasteiger partial charge in [0.15, 0.2) is 5.75 Å². The van der Waals surface area contributed by atoms with E-state index in [2.05, 4.69) is 14.5 Å². The number of carbonyl (C=O) groups excluding carboxylic acids is 1. The van der Waals surface area contributed by atoms with Crippen molar-refractivity contribution in [2.24, 2.45) is 0 Å². The summed E-state index contributed by atoms with van der Waals surface area (Å²) >= 11 is 0. The molecule has 0 aromatic carbocycles. The topological polar surface area (TPSA) is 68.4 Å². The largest absolute Gasteiger partial charge is 0.491 e. The lowest BCUT2D eigenvalue weighted by Gasteiger charge is -2.11. The van der Waals surface area contributed by atoms with Crippen LogP contribution >= 0.6 is 0 Å². The number of ether oxygens (including phenoxy) is 2. The zero-order valence-electron chi connectivity index (χ0n) is 9.25. The molecule has 0 unspecified atom stereocenters. The number of nitrogens with one attached hydrogen (secondary N) is 1. The lowest BCUT2D eigenvalue weighted by molar-refractivity contribution is 0.0513. The minimum Gasteiger partial charge on any atom is -0.491 e. The maximum atomic E-state index is 12.8. The summed E-state index contributed by atoms with van der Waals surface area (Å²) in [6.45, 7) is 1.59. The molecule has 1 aromatic rings. The molecule has 0 aliphatic carbocycles. The van der Waals surface area contributed by atoms with E-state index in [-0.39, 0.29) is 6.61 Å². The smallest absolute Gasteiger partial charge is 0.340 e. The maximum Gasteiger partial charge on any atom is 0.340 e. The molecule has 0 bridgehead atoms. The number of hydrogen-bond donors (Lipinski definition) is 1. The van der Waals surface area contributed by atoms with E-state index in [0.29, 0.717) is 0 Å². The zero-order chi connectivity index (χ0) is 13.0. The minimum atomic E-state index is -3.01. The monoisotopic (exact) mass is 247 g/mol. The molecular formula is C10H11F2NO4. The molecule has 1 N–H and O–H groups in total. The van der Waals surface area contributed by atoms with Crippen LogP contribution in [-0.2, 0) is 4.74 Å². The van der Waals surface area contributed by atoms with Crippen molar-refractivity contribution >= 4 is 5.97 Å². The molecule has 0 fully saturated rings. The fraction of sp³-hybridized carbons (Fsp3) is 0.400. The Kier molecular flexibility index (Phi) is 4.19. The number of esters is 1. The number of pyridine rings is 1. The molecule has 5 nitrogen and oxygen atoms in total. The maximum absolute atomic E-state index is 12.8. The number of alkyl halides is 2. The van der Waals surface area contributed by atoms with Crippen molar-refractivity contribution in [3.63, 3.8) is 0 Å². The highest BCUT2D eigenvalue weighted by Gasteiger charge is 2.26. The van der Waals surface area contributed by atoms with Crippen molar-refractivity contribution < 1.29 is 23.0 Å².